The van der Waals surface area contributed by atoms with Gasteiger partial charge < -0.3 is 9.64 Å². The minimum atomic E-state index is -0.213. The summed E-state index contributed by atoms with van der Waals surface area (Å²) in [5.74, 6) is 1.49. The average molecular weight is 326 g/mol. The van der Waals surface area contributed by atoms with Gasteiger partial charge in [0.15, 0.2) is 0 Å². The lowest BCUT2D eigenvalue weighted by atomic mass is 9.95. The van der Waals surface area contributed by atoms with Gasteiger partial charge >= 0.3 is 0 Å². The van der Waals surface area contributed by atoms with Gasteiger partial charge in [-0.2, -0.15) is 0 Å². The van der Waals surface area contributed by atoms with Crippen molar-refractivity contribution in [3.8, 4) is 5.69 Å². The van der Waals surface area contributed by atoms with Crippen molar-refractivity contribution < 1.29 is 9.53 Å². The first kappa shape index (κ1) is 15.3. The lowest BCUT2D eigenvalue weighted by Gasteiger charge is -2.33. The summed E-state index contributed by atoms with van der Waals surface area (Å²) in [6, 6.07) is 10.2. The van der Waals surface area contributed by atoms with Crippen LogP contribution >= 0.6 is 0 Å². The Morgan fingerprint density at radius 2 is 1.92 bits per heavy atom. The molecular weight excluding hydrogens is 304 g/mol. The Bertz CT molecular complexity index is 686. The van der Waals surface area contributed by atoms with Crippen LogP contribution in [-0.2, 0) is 9.53 Å². The summed E-state index contributed by atoms with van der Waals surface area (Å²) in [5, 5.41) is 8.45. The summed E-state index contributed by atoms with van der Waals surface area (Å²) in [7, 11) is 0. The number of nitrogens with zero attached hydrogens (tertiary/aromatic N) is 4. The van der Waals surface area contributed by atoms with E-state index in [9.17, 15) is 4.79 Å². The van der Waals surface area contributed by atoms with Crippen LogP contribution in [0.3, 0.4) is 0 Å². The molecule has 2 aromatic rings. The smallest absolute Gasteiger partial charge is 0.251 e. The van der Waals surface area contributed by atoms with Crippen molar-refractivity contribution in [1.29, 1.82) is 0 Å². The average Bonchev–Trinajstić information content (AvgIpc) is 3.34. The van der Waals surface area contributed by atoms with Crippen LogP contribution in [-0.4, -0.2) is 51.4 Å². The first-order valence-corrected chi connectivity index (χ1v) is 8.68. The Morgan fingerprint density at radius 3 is 2.62 bits per heavy atom. The van der Waals surface area contributed by atoms with E-state index < -0.39 is 0 Å². The number of hydrogen-bond acceptors (Lipinski definition) is 4. The monoisotopic (exact) mass is 326 g/mol. The van der Waals surface area contributed by atoms with Gasteiger partial charge in [-0.25, -0.2) is 0 Å². The number of ether oxygens (including phenoxy) is 1. The van der Waals surface area contributed by atoms with E-state index in [0.29, 0.717) is 12.5 Å². The van der Waals surface area contributed by atoms with Crippen molar-refractivity contribution >= 4 is 5.91 Å². The van der Waals surface area contributed by atoms with Crippen molar-refractivity contribution in [3.05, 3.63) is 42.5 Å². The van der Waals surface area contributed by atoms with E-state index in [-0.39, 0.29) is 12.0 Å². The third kappa shape index (κ3) is 2.94. The lowest BCUT2D eigenvalue weighted by Crippen LogP contribution is -2.43. The lowest BCUT2D eigenvalue weighted by molar-refractivity contribution is -0.142. The van der Waals surface area contributed by atoms with Crippen molar-refractivity contribution in [1.82, 2.24) is 19.7 Å². The summed E-state index contributed by atoms with van der Waals surface area (Å²) in [5.41, 5.74) is 1.08. The molecule has 0 radical (unpaired) electrons. The fraction of sp³-hybridized carbons (Fsp3) is 0.500. The number of hydrogen-bond donors (Lipinski definition) is 0. The van der Waals surface area contributed by atoms with Crippen molar-refractivity contribution in [2.24, 2.45) is 0 Å². The molecule has 1 amide bonds. The number of piperidine rings is 1. The number of carbonyl (C=O) groups is 1. The number of benzene rings is 1. The predicted molar refractivity (Wildman–Crippen MR) is 88.9 cm³/mol. The molecule has 2 fully saturated rings. The zero-order valence-electron chi connectivity index (χ0n) is 13.7. The summed E-state index contributed by atoms with van der Waals surface area (Å²) in [4.78, 5) is 14.4. The maximum Gasteiger partial charge on any atom is 0.251 e. The SMILES string of the molecule is O=C([C@H]1CCCO1)N1CCC(c2nncn2-c2ccccc2)CC1. The van der Waals surface area contributed by atoms with Crippen LogP contribution in [0.4, 0.5) is 0 Å². The van der Waals surface area contributed by atoms with Crippen LogP contribution in [0.2, 0.25) is 0 Å². The van der Waals surface area contributed by atoms with Crippen molar-refractivity contribution in [2.45, 2.75) is 37.7 Å². The second kappa shape index (κ2) is 6.73. The largest absolute Gasteiger partial charge is 0.368 e. The standard InChI is InChI=1S/C18H22N4O2/c23-18(16-7-4-12-24-16)21-10-8-14(9-11-21)17-20-19-13-22(17)15-5-2-1-3-6-15/h1-3,5-6,13-14,16H,4,7-12H2/t16-/m1/s1. The highest BCUT2D eigenvalue weighted by atomic mass is 16.5. The van der Waals surface area contributed by atoms with Crippen molar-refractivity contribution in [3.63, 3.8) is 0 Å². The van der Waals surface area contributed by atoms with Crippen LogP contribution in [0.15, 0.2) is 36.7 Å². The topological polar surface area (TPSA) is 60.2 Å². The zero-order valence-corrected chi connectivity index (χ0v) is 13.7. The molecule has 0 N–H and O–H groups in total. The predicted octanol–water partition coefficient (Wildman–Crippen LogP) is 2.15. The molecule has 1 atom stereocenters. The molecule has 6 nitrogen and oxygen atoms in total. The van der Waals surface area contributed by atoms with Crippen LogP contribution in [0.5, 0.6) is 0 Å². The third-order valence-electron chi connectivity index (χ3n) is 4.99. The normalized spacial score (nSPS) is 22.0. The molecule has 0 unspecified atom stereocenters. The number of para-hydroxylation sites is 1. The number of amides is 1. The molecule has 3 heterocycles. The third-order valence-corrected chi connectivity index (χ3v) is 4.99. The fourth-order valence-corrected chi connectivity index (χ4v) is 3.64. The minimum Gasteiger partial charge on any atom is -0.368 e. The van der Waals surface area contributed by atoms with E-state index in [4.69, 9.17) is 4.74 Å². The molecule has 2 saturated heterocycles. The molecule has 2 aliphatic rings. The van der Waals surface area contributed by atoms with E-state index >= 15 is 0 Å². The van der Waals surface area contributed by atoms with E-state index in [1.54, 1.807) is 6.33 Å². The molecule has 0 saturated carbocycles. The zero-order chi connectivity index (χ0) is 16.4. The van der Waals surface area contributed by atoms with E-state index in [1.165, 1.54) is 0 Å². The Hall–Kier alpha value is -2.21. The first-order valence-electron chi connectivity index (χ1n) is 8.68. The number of likely N-dealkylation sites (tertiary alicyclic amines) is 1. The Labute approximate surface area is 141 Å². The van der Waals surface area contributed by atoms with Gasteiger partial charge in [-0.15, -0.1) is 10.2 Å². The van der Waals surface area contributed by atoms with E-state index in [0.717, 1.165) is 50.3 Å². The number of carbonyl (C=O) groups excluding carboxylic acids is 1. The van der Waals surface area contributed by atoms with Gasteiger partial charge in [0.2, 0.25) is 0 Å². The highest BCUT2D eigenvalue weighted by molar-refractivity contribution is 5.81. The summed E-state index contributed by atoms with van der Waals surface area (Å²) in [6.45, 7) is 2.25. The van der Waals surface area contributed by atoms with Gasteiger partial charge in [0.05, 0.1) is 0 Å². The van der Waals surface area contributed by atoms with Gasteiger partial charge in [0.25, 0.3) is 5.91 Å². The Balaban J connectivity index is 1.43. The molecule has 0 aliphatic carbocycles. The second-order valence-corrected chi connectivity index (χ2v) is 6.50. The van der Waals surface area contributed by atoms with Crippen LogP contribution < -0.4 is 0 Å². The maximum atomic E-state index is 12.4. The van der Waals surface area contributed by atoms with Crippen molar-refractivity contribution in [2.75, 3.05) is 19.7 Å². The molecule has 126 valence electrons. The van der Waals surface area contributed by atoms with E-state index in [2.05, 4.69) is 26.9 Å². The molecule has 2 aliphatic heterocycles. The molecule has 1 aromatic carbocycles. The number of aromatic nitrogens is 3. The Morgan fingerprint density at radius 1 is 1.12 bits per heavy atom. The van der Waals surface area contributed by atoms with Gasteiger partial charge in [0, 0.05) is 31.3 Å². The van der Waals surface area contributed by atoms with Gasteiger partial charge in [-0.3, -0.25) is 9.36 Å². The fourth-order valence-electron chi connectivity index (χ4n) is 3.64. The molecule has 24 heavy (non-hydrogen) atoms. The molecule has 4 rings (SSSR count). The second-order valence-electron chi connectivity index (χ2n) is 6.50. The number of rotatable bonds is 3. The summed E-state index contributed by atoms with van der Waals surface area (Å²) in [6.07, 6.45) is 5.26. The maximum absolute atomic E-state index is 12.4. The van der Waals surface area contributed by atoms with Gasteiger partial charge in [0.1, 0.15) is 18.3 Å². The highest BCUT2D eigenvalue weighted by Gasteiger charge is 2.32. The van der Waals surface area contributed by atoms with Crippen LogP contribution in [0.1, 0.15) is 37.4 Å². The van der Waals surface area contributed by atoms with Gasteiger partial charge in [-0.1, -0.05) is 18.2 Å². The minimum absolute atomic E-state index is 0.162. The summed E-state index contributed by atoms with van der Waals surface area (Å²) >= 11 is 0. The molecule has 0 spiro atoms. The quantitative estimate of drug-likeness (QED) is 0.867. The summed E-state index contributed by atoms with van der Waals surface area (Å²) < 4.78 is 7.58. The molecule has 1 aromatic heterocycles. The molecular formula is C18H22N4O2. The van der Waals surface area contributed by atoms with E-state index in [1.807, 2.05) is 23.1 Å². The Kier molecular flexibility index (Phi) is 4.30. The molecule has 6 heteroatoms. The van der Waals surface area contributed by atoms with Gasteiger partial charge in [-0.05, 0) is 37.8 Å². The van der Waals surface area contributed by atoms with Crippen LogP contribution in [0.25, 0.3) is 5.69 Å². The molecule has 0 bridgehead atoms. The first-order chi connectivity index (χ1) is 11.8. The van der Waals surface area contributed by atoms with Crippen LogP contribution in [0, 0.1) is 0 Å². The highest BCUT2D eigenvalue weighted by Crippen LogP contribution is 2.29.